The van der Waals surface area contributed by atoms with E-state index in [1.54, 1.807) is 36.5 Å². The van der Waals surface area contributed by atoms with Crippen molar-refractivity contribution in [3.8, 4) is 5.75 Å². The fraction of sp³-hybridized carbons (Fsp3) is 0.0625. The second kappa shape index (κ2) is 9.30. The number of guanidine groups is 1. The second-order valence-corrected chi connectivity index (χ2v) is 6.46. The molecule has 0 saturated heterocycles. The topological polar surface area (TPSA) is 166 Å². The van der Waals surface area contributed by atoms with E-state index in [0.29, 0.717) is 23.0 Å². The lowest BCUT2D eigenvalue weighted by atomic mass is 10.0. The highest BCUT2D eigenvalue weighted by atomic mass is 32.2. The maximum Gasteiger partial charge on any atom is 0.261 e. The molecule has 10 heteroatoms. The molecule has 0 spiro atoms. The number of nitrogens with zero attached hydrogens (tertiary/aromatic N) is 1. The second-order valence-electron chi connectivity index (χ2n) is 5.00. The van der Waals surface area contributed by atoms with Crippen LogP contribution >= 0.6 is 0 Å². The van der Waals surface area contributed by atoms with Gasteiger partial charge in [0.15, 0.2) is 5.96 Å². The molecule has 1 amide bonds. The Bertz CT molecular complexity index is 903. The third-order valence-corrected chi connectivity index (χ3v) is 2.65. The number of nitrogens with two attached hydrogens (primary N) is 1. The third-order valence-electron chi connectivity index (χ3n) is 2.65. The lowest BCUT2D eigenvalue weighted by molar-refractivity contribution is -0.114. The van der Waals surface area contributed by atoms with Gasteiger partial charge in [-0.15, -0.1) is 0 Å². The normalized spacial score (nSPS) is 11.1. The predicted octanol–water partition coefficient (Wildman–Crippen LogP) is 0.841. The van der Waals surface area contributed by atoms with Gasteiger partial charge in [-0.05, 0) is 29.8 Å². The zero-order chi connectivity index (χ0) is 19.7. The molecule has 1 aromatic heterocycles. The van der Waals surface area contributed by atoms with Crippen LogP contribution in [0, 0.1) is 5.41 Å². The molecule has 0 fully saturated rings. The van der Waals surface area contributed by atoms with Crippen LogP contribution in [0.25, 0.3) is 11.6 Å². The zero-order valence-corrected chi connectivity index (χ0v) is 14.6. The van der Waals surface area contributed by atoms with E-state index in [4.69, 9.17) is 15.7 Å². The Labute approximate surface area is 150 Å². The van der Waals surface area contributed by atoms with Crippen LogP contribution in [0.4, 0.5) is 0 Å². The fourth-order valence-electron chi connectivity index (χ4n) is 1.77. The van der Waals surface area contributed by atoms with Crippen LogP contribution in [0.2, 0.25) is 0 Å². The molecule has 9 nitrogen and oxygen atoms in total. The van der Waals surface area contributed by atoms with Gasteiger partial charge in [0.2, 0.25) is 0 Å². The Kier molecular flexibility index (Phi) is 7.44. The SMILES string of the molecule is CS(=O)(=O)O.N=C(N)NC(=O)/C(=C/c1cccc(O)c1)c1cccnc1. The van der Waals surface area contributed by atoms with E-state index >= 15 is 0 Å². The molecule has 2 rings (SSSR count). The van der Waals surface area contributed by atoms with Crippen molar-refractivity contribution >= 4 is 33.6 Å². The number of aromatic nitrogens is 1. The van der Waals surface area contributed by atoms with E-state index in [-0.39, 0.29) is 5.75 Å². The maximum absolute atomic E-state index is 12.2. The van der Waals surface area contributed by atoms with E-state index < -0.39 is 22.0 Å². The molecule has 1 heterocycles. The first-order chi connectivity index (χ1) is 12.1. The van der Waals surface area contributed by atoms with Gasteiger partial charge in [0.05, 0.1) is 6.26 Å². The molecule has 0 saturated carbocycles. The van der Waals surface area contributed by atoms with Crippen LogP contribution in [0.3, 0.4) is 0 Å². The minimum Gasteiger partial charge on any atom is -0.508 e. The molecular formula is C16H18N4O5S. The fourth-order valence-corrected chi connectivity index (χ4v) is 1.77. The average Bonchev–Trinajstić information content (AvgIpc) is 2.51. The summed E-state index contributed by atoms with van der Waals surface area (Å²) in [4.78, 5) is 16.1. The number of amides is 1. The Morgan fingerprint density at radius 2 is 1.96 bits per heavy atom. The van der Waals surface area contributed by atoms with Crippen molar-refractivity contribution in [3.63, 3.8) is 0 Å². The summed E-state index contributed by atoms with van der Waals surface area (Å²) < 4.78 is 25.9. The molecule has 0 aliphatic heterocycles. The molecule has 0 aliphatic rings. The molecule has 1 aromatic carbocycles. The van der Waals surface area contributed by atoms with Gasteiger partial charge in [-0.3, -0.25) is 25.1 Å². The van der Waals surface area contributed by atoms with Gasteiger partial charge in [0, 0.05) is 23.5 Å². The van der Waals surface area contributed by atoms with Crippen molar-refractivity contribution < 1.29 is 22.9 Å². The number of aromatic hydroxyl groups is 1. The number of pyridine rings is 1. The van der Waals surface area contributed by atoms with Crippen LogP contribution in [0.5, 0.6) is 5.75 Å². The van der Waals surface area contributed by atoms with E-state index in [2.05, 4.69) is 10.3 Å². The van der Waals surface area contributed by atoms with Crippen molar-refractivity contribution in [3.05, 3.63) is 59.9 Å². The van der Waals surface area contributed by atoms with E-state index in [9.17, 15) is 18.3 Å². The number of benzene rings is 1. The standard InChI is InChI=1S/C15H14N4O2.CH4O3S/c16-15(17)19-14(21)13(11-4-2-6-18-9-11)8-10-3-1-5-12(20)7-10;1-5(2,3)4/h1-9,20H,(H4,16,17,19,21);1H3,(H,2,3,4)/b13-8+;. The predicted molar refractivity (Wildman–Crippen MR) is 97.7 cm³/mol. The number of carbonyl (C=O) groups is 1. The molecule has 26 heavy (non-hydrogen) atoms. The number of hydrogen-bond donors (Lipinski definition) is 5. The Balaban J connectivity index is 0.000000597. The highest BCUT2D eigenvalue weighted by Crippen LogP contribution is 2.20. The van der Waals surface area contributed by atoms with Gasteiger partial charge in [-0.1, -0.05) is 18.2 Å². The monoisotopic (exact) mass is 378 g/mol. The summed E-state index contributed by atoms with van der Waals surface area (Å²) in [6.07, 6.45) is 5.44. The number of carbonyl (C=O) groups excluding carboxylic acids is 1. The lowest BCUT2D eigenvalue weighted by Gasteiger charge is -2.08. The van der Waals surface area contributed by atoms with Crippen molar-refractivity contribution in [1.29, 1.82) is 5.41 Å². The summed E-state index contributed by atoms with van der Waals surface area (Å²) >= 11 is 0. The van der Waals surface area contributed by atoms with Crippen molar-refractivity contribution in [1.82, 2.24) is 10.3 Å². The molecule has 0 radical (unpaired) electrons. The van der Waals surface area contributed by atoms with Crippen molar-refractivity contribution in [2.75, 3.05) is 6.26 Å². The number of rotatable bonds is 3. The molecule has 0 atom stereocenters. The molecule has 138 valence electrons. The quantitative estimate of drug-likeness (QED) is 0.228. The first-order valence-electron chi connectivity index (χ1n) is 7.05. The number of phenols is 1. The van der Waals surface area contributed by atoms with E-state index in [1.165, 1.54) is 18.3 Å². The van der Waals surface area contributed by atoms with Crippen LogP contribution in [0.15, 0.2) is 48.8 Å². The number of hydrogen-bond acceptors (Lipinski definition) is 6. The average molecular weight is 378 g/mol. The highest BCUT2D eigenvalue weighted by Gasteiger charge is 2.13. The zero-order valence-electron chi connectivity index (χ0n) is 13.7. The van der Waals surface area contributed by atoms with Gasteiger partial charge >= 0.3 is 0 Å². The summed E-state index contributed by atoms with van der Waals surface area (Å²) in [6, 6.07) is 9.91. The summed E-state index contributed by atoms with van der Waals surface area (Å²) in [5.41, 5.74) is 6.72. The van der Waals surface area contributed by atoms with Gasteiger partial charge in [-0.25, -0.2) is 0 Å². The molecule has 0 aliphatic carbocycles. The summed E-state index contributed by atoms with van der Waals surface area (Å²) in [5.74, 6) is -0.856. The van der Waals surface area contributed by atoms with Crippen molar-refractivity contribution in [2.45, 2.75) is 0 Å². The van der Waals surface area contributed by atoms with Crippen LogP contribution in [0.1, 0.15) is 11.1 Å². The summed E-state index contributed by atoms with van der Waals surface area (Å²) in [7, 11) is -3.67. The van der Waals surface area contributed by atoms with Gasteiger partial charge < -0.3 is 10.8 Å². The minimum absolute atomic E-state index is 0.0984. The molecule has 6 N–H and O–H groups in total. The first-order valence-corrected chi connectivity index (χ1v) is 8.90. The van der Waals surface area contributed by atoms with Crippen LogP contribution in [-0.2, 0) is 14.9 Å². The number of phenolic OH excluding ortho intramolecular Hbond substituents is 1. The van der Waals surface area contributed by atoms with Gasteiger partial charge in [-0.2, -0.15) is 8.42 Å². The minimum atomic E-state index is -3.67. The molecule has 2 aromatic rings. The van der Waals surface area contributed by atoms with Crippen LogP contribution in [-0.4, -0.2) is 41.2 Å². The van der Waals surface area contributed by atoms with Gasteiger partial charge in [0.1, 0.15) is 5.75 Å². The third kappa shape index (κ3) is 8.57. The molecule has 0 bridgehead atoms. The molecule has 0 unspecified atom stereocenters. The van der Waals surface area contributed by atoms with Crippen LogP contribution < -0.4 is 11.1 Å². The summed E-state index contributed by atoms with van der Waals surface area (Å²) in [6.45, 7) is 0. The Morgan fingerprint density at radius 1 is 1.31 bits per heavy atom. The summed E-state index contributed by atoms with van der Waals surface area (Å²) in [5, 5.41) is 18.9. The van der Waals surface area contributed by atoms with Gasteiger partial charge in [0.25, 0.3) is 16.0 Å². The smallest absolute Gasteiger partial charge is 0.261 e. The molecular weight excluding hydrogens is 360 g/mol. The van der Waals surface area contributed by atoms with E-state index in [1.807, 2.05) is 0 Å². The van der Waals surface area contributed by atoms with E-state index in [0.717, 1.165) is 0 Å². The lowest BCUT2D eigenvalue weighted by Crippen LogP contribution is -2.36. The maximum atomic E-state index is 12.2. The van der Waals surface area contributed by atoms with Crippen molar-refractivity contribution in [2.24, 2.45) is 5.73 Å². The Morgan fingerprint density at radius 3 is 2.46 bits per heavy atom. The Hall–Kier alpha value is -3.24. The highest BCUT2D eigenvalue weighted by molar-refractivity contribution is 7.85. The number of nitrogens with one attached hydrogen (secondary N) is 2. The first kappa shape index (κ1) is 20.8. The largest absolute Gasteiger partial charge is 0.508 e.